The summed E-state index contributed by atoms with van der Waals surface area (Å²) in [5, 5.41) is 3.32. The van der Waals surface area contributed by atoms with Gasteiger partial charge in [0.05, 0.1) is 30.8 Å². The van der Waals surface area contributed by atoms with Gasteiger partial charge in [-0.15, -0.1) is 0 Å². The second kappa shape index (κ2) is 12.7. The molecule has 0 saturated carbocycles. The molecule has 3 heterocycles. The number of halogens is 2. The van der Waals surface area contributed by atoms with Gasteiger partial charge in [-0.2, -0.15) is 11.8 Å². The summed E-state index contributed by atoms with van der Waals surface area (Å²) in [5.41, 5.74) is 4.90. The van der Waals surface area contributed by atoms with Crippen molar-refractivity contribution in [1.29, 1.82) is 0 Å². The maximum absolute atomic E-state index is 15.2. The Hall–Kier alpha value is -4.57. The van der Waals surface area contributed by atoms with Gasteiger partial charge in [0.15, 0.2) is 17.4 Å². The number of anilines is 2. The van der Waals surface area contributed by atoms with Crippen molar-refractivity contribution < 1.29 is 18.3 Å². The van der Waals surface area contributed by atoms with Crippen LogP contribution < -0.4 is 14.8 Å². The second-order valence-electron chi connectivity index (χ2n) is 9.91. The number of pyridine rings is 1. The third kappa shape index (κ3) is 6.15. The highest BCUT2D eigenvalue weighted by Gasteiger charge is 2.32. The van der Waals surface area contributed by atoms with Crippen molar-refractivity contribution in [3.05, 3.63) is 108 Å². The lowest BCUT2D eigenvalue weighted by atomic mass is 9.82. The van der Waals surface area contributed by atoms with Gasteiger partial charge < -0.3 is 14.8 Å². The molecule has 1 atom stereocenters. The molecule has 0 bridgehead atoms. The Morgan fingerprint density at radius 2 is 1.81 bits per heavy atom. The molecule has 0 fully saturated rings. The van der Waals surface area contributed by atoms with Gasteiger partial charge >= 0.3 is 0 Å². The average molecular weight is 598 g/mol. The highest BCUT2D eigenvalue weighted by Crippen LogP contribution is 2.43. The minimum absolute atomic E-state index is 0.0255. The zero-order chi connectivity index (χ0) is 29.8. The number of hydrogen-bond donors (Lipinski definition) is 1. The summed E-state index contributed by atoms with van der Waals surface area (Å²) in [6.45, 7) is 2.58. The maximum atomic E-state index is 15.2. The van der Waals surface area contributed by atoms with Crippen molar-refractivity contribution >= 4 is 45.8 Å². The van der Waals surface area contributed by atoms with Gasteiger partial charge in [-0.05, 0) is 43.9 Å². The highest BCUT2D eigenvalue weighted by molar-refractivity contribution is 7.98. The Morgan fingerprint density at radius 1 is 1.02 bits per heavy atom. The molecule has 1 N–H and O–H groups in total. The number of fused-ring (bicyclic) bond motifs is 3. The molecule has 4 aromatic rings. The first-order valence-electron chi connectivity index (χ1n) is 13.9. The number of ether oxygens (including phenoxy) is 2. The van der Waals surface area contributed by atoms with Crippen LogP contribution in [0.25, 0.3) is 11.1 Å². The minimum Gasteiger partial charge on any atom is -0.494 e. The van der Waals surface area contributed by atoms with E-state index < -0.39 is 17.6 Å². The Kier molecular flexibility index (Phi) is 8.46. The summed E-state index contributed by atoms with van der Waals surface area (Å²) in [6, 6.07) is 13.9. The third-order valence-corrected chi connectivity index (χ3v) is 7.67. The molecule has 7 nitrogen and oxygen atoms in total. The third-order valence-electron chi connectivity index (χ3n) is 7.09. The molecule has 2 aromatic heterocycles. The van der Waals surface area contributed by atoms with E-state index in [1.54, 1.807) is 37.3 Å². The topological polar surface area (TPSA) is 81.5 Å². The molecule has 1 aliphatic heterocycles. The van der Waals surface area contributed by atoms with Crippen molar-refractivity contribution in [1.82, 2.24) is 15.0 Å². The summed E-state index contributed by atoms with van der Waals surface area (Å²) in [6.07, 6.45) is 11.0. The fourth-order valence-corrected chi connectivity index (χ4v) is 5.36. The predicted molar refractivity (Wildman–Crippen MR) is 168 cm³/mol. The number of aromatic nitrogens is 3. The lowest BCUT2D eigenvalue weighted by molar-refractivity contribution is 0.335. The molecule has 0 saturated heterocycles. The Morgan fingerprint density at radius 3 is 2.58 bits per heavy atom. The van der Waals surface area contributed by atoms with E-state index in [9.17, 15) is 0 Å². The highest BCUT2D eigenvalue weighted by atomic mass is 32.2. The SMILES string of the molecule is CCOc1cc(F)c(CC2C=C(c3ncc(OCCSC)c(Nc4ccncc4)n3)C=C3C2=Nc2ccccc23)c(F)c1. The molecule has 0 amide bonds. The molecule has 0 radical (unpaired) electrons. The molecule has 1 aliphatic carbocycles. The number of nitrogens with zero attached hydrogens (tertiary/aromatic N) is 4. The Balaban J connectivity index is 1.41. The van der Waals surface area contributed by atoms with Crippen molar-refractivity contribution in [2.24, 2.45) is 10.9 Å². The molecular formula is C33H29F2N5O2S. The monoisotopic (exact) mass is 597 g/mol. The van der Waals surface area contributed by atoms with E-state index in [2.05, 4.69) is 15.3 Å². The van der Waals surface area contributed by atoms with E-state index in [4.69, 9.17) is 19.5 Å². The quantitative estimate of drug-likeness (QED) is 0.180. The van der Waals surface area contributed by atoms with E-state index in [0.717, 1.165) is 39.5 Å². The number of para-hydroxylation sites is 1. The van der Waals surface area contributed by atoms with Gasteiger partial charge in [0.25, 0.3) is 0 Å². The number of aliphatic imine (C=N–C) groups is 1. The molecule has 1 unspecified atom stereocenters. The molecule has 6 rings (SSSR count). The van der Waals surface area contributed by atoms with Crippen LogP contribution in [0.1, 0.15) is 23.9 Å². The lowest BCUT2D eigenvalue weighted by Gasteiger charge is -2.22. The number of thioether (sulfide) groups is 1. The van der Waals surface area contributed by atoms with Gasteiger partial charge in [-0.3, -0.25) is 9.98 Å². The summed E-state index contributed by atoms with van der Waals surface area (Å²) < 4.78 is 41.7. The van der Waals surface area contributed by atoms with Crippen LogP contribution in [0, 0.1) is 17.6 Å². The standard InChI is InChI=1S/C33H29F2N5O2S/c1-3-41-23-17-27(34)26(28(35)18-23)15-20-14-21(16-25-24-6-4-5-7-29(24)39-31(20)25)32-37-19-30(42-12-13-43-2)33(40-32)38-22-8-10-36-11-9-22/h4-11,14,16-20H,3,12-13,15H2,1-2H3,(H,36,37,38,40). The van der Waals surface area contributed by atoms with Gasteiger partial charge in [0.1, 0.15) is 17.4 Å². The smallest absolute Gasteiger partial charge is 0.180 e. The van der Waals surface area contributed by atoms with Gasteiger partial charge in [0.2, 0.25) is 0 Å². The fraction of sp³-hybridized carbons (Fsp3) is 0.212. The van der Waals surface area contributed by atoms with E-state index in [1.807, 2.05) is 54.8 Å². The molecule has 10 heteroatoms. The first kappa shape index (κ1) is 28.5. The average Bonchev–Trinajstić information content (AvgIpc) is 3.39. The van der Waals surface area contributed by atoms with Crippen molar-refractivity contribution in [3.8, 4) is 11.5 Å². The molecular weight excluding hydrogens is 568 g/mol. The van der Waals surface area contributed by atoms with Crippen LogP contribution in [0.3, 0.4) is 0 Å². The van der Waals surface area contributed by atoms with Crippen molar-refractivity contribution in [3.63, 3.8) is 0 Å². The number of hydrogen-bond acceptors (Lipinski definition) is 8. The van der Waals surface area contributed by atoms with Crippen LogP contribution in [-0.2, 0) is 6.42 Å². The summed E-state index contributed by atoms with van der Waals surface area (Å²) >= 11 is 1.68. The zero-order valence-electron chi connectivity index (χ0n) is 23.7. The first-order valence-corrected chi connectivity index (χ1v) is 15.3. The molecule has 0 spiro atoms. The van der Waals surface area contributed by atoms with E-state index in [1.165, 1.54) is 12.1 Å². The first-order chi connectivity index (χ1) is 21.0. The molecule has 2 aromatic carbocycles. The fourth-order valence-electron chi connectivity index (χ4n) is 5.11. The van der Waals surface area contributed by atoms with Crippen LogP contribution in [0.5, 0.6) is 11.5 Å². The van der Waals surface area contributed by atoms with E-state index in [0.29, 0.717) is 30.6 Å². The van der Waals surface area contributed by atoms with Crippen molar-refractivity contribution in [2.45, 2.75) is 13.3 Å². The van der Waals surface area contributed by atoms with E-state index in [-0.39, 0.29) is 17.7 Å². The van der Waals surface area contributed by atoms with Crippen LogP contribution in [0.4, 0.5) is 26.0 Å². The lowest BCUT2D eigenvalue weighted by Crippen LogP contribution is -2.20. The van der Waals surface area contributed by atoms with Crippen LogP contribution in [0.15, 0.2) is 84.3 Å². The molecule has 218 valence electrons. The van der Waals surface area contributed by atoms with Crippen LogP contribution in [-0.4, -0.2) is 45.9 Å². The van der Waals surface area contributed by atoms with Gasteiger partial charge in [-0.1, -0.05) is 24.3 Å². The summed E-state index contributed by atoms with van der Waals surface area (Å²) in [4.78, 5) is 18.5. The van der Waals surface area contributed by atoms with Gasteiger partial charge in [-0.25, -0.2) is 18.7 Å². The number of rotatable bonds is 11. The minimum atomic E-state index is -0.655. The number of nitrogens with one attached hydrogen (secondary N) is 1. The largest absolute Gasteiger partial charge is 0.494 e. The zero-order valence-corrected chi connectivity index (χ0v) is 24.5. The molecule has 43 heavy (non-hydrogen) atoms. The maximum Gasteiger partial charge on any atom is 0.180 e. The normalized spacial score (nSPS) is 15.2. The number of allylic oxidation sites excluding steroid dienone is 4. The predicted octanol–water partition coefficient (Wildman–Crippen LogP) is 7.46. The summed E-state index contributed by atoms with van der Waals surface area (Å²) in [7, 11) is 0. The second-order valence-corrected chi connectivity index (χ2v) is 10.9. The molecule has 2 aliphatic rings. The Labute approximate surface area is 252 Å². The van der Waals surface area contributed by atoms with Crippen LogP contribution in [0.2, 0.25) is 0 Å². The number of benzene rings is 2. The Bertz CT molecular complexity index is 1720. The van der Waals surface area contributed by atoms with E-state index >= 15 is 8.78 Å². The van der Waals surface area contributed by atoms with Crippen LogP contribution >= 0.6 is 11.8 Å². The van der Waals surface area contributed by atoms with Crippen molar-refractivity contribution in [2.75, 3.05) is 30.5 Å². The summed E-state index contributed by atoms with van der Waals surface area (Å²) in [5.74, 6) is 0.703. The van der Waals surface area contributed by atoms with Gasteiger partial charge in [0, 0.05) is 64.2 Å².